The van der Waals surface area contributed by atoms with Crippen LogP contribution < -0.4 is 32.2 Å². The van der Waals surface area contributed by atoms with E-state index in [2.05, 4.69) is 60.5 Å². The summed E-state index contributed by atoms with van der Waals surface area (Å²) in [5, 5.41) is 25.3. The van der Waals surface area contributed by atoms with Crippen molar-refractivity contribution in [2.45, 2.75) is 63.4 Å². The minimum atomic E-state index is -1.29. The summed E-state index contributed by atoms with van der Waals surface area (Å²) in [5.41, 5.74) is 15.2. The van der Waals surface area contributed by atoms with Gasteiger partial charge in [0.1, 0.15) is 22.6 Å². The first-order valence-corrected chi connectivity index (χ1v) is 21.5. The molecule has 3 aromatic rings. The number of methoxy groups -OCH3 is 1. The largest absolute Gasteiger partial charge is 0.496 e. The van der Waals surface area contributed by atoms with E-state index >= 15 is 0 Å². The van der Waals surface area contributed by atoms with Crippen LogP contribution >= 0.6 is 11.8 Å². The number of carboxylic acids is 2. The summed E-state index contributed by atoms with van der Waals surface area (Å²) in [4.78, 5) is 72.3. The molecule has 3 heterocycles. The van der Waals surface area contributed by atoms with E-state index in [4.69, 9.17) is 30.8 Å². The molecule has 21 heteroatoms. The first-order chi connectivity index (χ1) is 29.4. The highest BCUT2D eigenvalue weighted by molar-refractivity contribution is 8.00. The minimum Gasteiger partial charge on any atom is -0.496 e. The first-order valence-electron chi connectivity index (χ1n) is 20.4. The number of piperazine rings is 1. The lowest BCUT2D eigenvalue weighted by Crippen LogP contribution is -2.48. The van der Waals surface area contributed by atoms with Gasteiger partial charge in [0.2, 0.25) is 23.7 Å². The molecule has 0 spiro atoms. The number of nitrogens with zero attached hydrogens (tertiary/aromatic N) is 5. The highest BCUT2D eigenvalue weighted by Crippen LogP contribution is 2.28. The van der Waals surface area contributed by atoms with Gasteiger partial charge in [0.05, 0.1) is 58.6 Å². The second-order valence-electron chi connectivity index (χ2n) is 14.5. The molecule has 2 aromatic heterocycles. The molecule has 1 aliphatic heterocycles. The van der Waals surface area contributed by atoms with Crippen LogP contribution in [-0.2, 0) is 46.5 Å². The van der Waals surface area contributed by atoms with E-state index in [1.54, 1.807) is 7.11 Å². The number of hydrogen-bond donors (Lipinski definition) is 7. The maximum absolute atomic E-state index is 12.8. The maximum atomic E-state index is 12.8. The SMILES string of the molecule is CCCCCNc1nc(N)nc2ccn(Cc3ccc(CN4CCN(C(=O)CCOCCOCCNC(=O)CNC(=O)C[C@H](SC[C@H](N)C(=O)O)C(=O)O)CC4)cc3OC)c12. The Morgan fingerprint density at radius 2 is 1.66 bits per heavy atom. The number of unbranched alkanes of at least 4 members (excludes halogenated alkanes) is 2. The Labute approximate surface area is 359 Å². The molecule has 2 atom stereocenters. The quantitative estimate of drug-likeness (QED) is 0.0501. The van der Waals surface area contributed by atoms with Crippen LogP contribution in [0.2, 0.25) is 0 Å². The average Bonchev–Trinajstić information content (AvgIpc) is 3.64. The third kappa shape index (κ3) is 16.3. The summed E-state index contributed by atoms with van der Waals surface area (Å²) in [6.07, 6.45) is 5.12. The van der Waals surface area contributed by atoms with Crippen LogP contribution in [0.4, 0.5) is 11.8 Å². The Morgan fingerprint density at radius 3 is 2.36 bits per heavy atom. The van der Waals surface area contributed by atoms with Gasteiger partial charge in [0.25, 0.3) is 0 Å². The number of aromatic nitrogens is 3. The number of carbonyl (C=O) groups excluding carboxylic acids is 3. The number of aliphatic carboxylic acids is 2. The highest BCUT2D eigenvalue weighted by atomic mass is 32.2. The molecule has 20 nitrogen and oxygen atoms in total. The Bertz CT molecular complexity index is 1910. The molecule has 336 valence electrons. The van der Waals surface area contributed by atoms with Crippen molar-refractivity contribution in [1.29, 1.82) is 0 Å². The number of fused-ring (bicyclic) bond motifs is 1. The number of benzene rings is 1. The van der Waals surface area contributed by atoms with Crippen LogP contribution in [0.25, 0.3) is 11.0 Å². The van der Waals surface area contributed by atoms with Gasteiger partial charge in [-0.3, -0.25) is 28.9 Å². The lowest BCUT2D eigenvalue weighted by molar-refractivity contribution is -0.139. The standard InChI is InChI=1S/C40H60N10O10S/c1-3-4-5-10-44-37-36-30(46-40(42)47-37)8-12-50(36)25-28-7-6-27(21-31(28)58-2)24-48-13-15-49(16-14-48)35(53)9-17-59-19-20-60-18-11-43-34(52)23-45-33(51)22-32(39(56)57)61-26-29(41)38(54)55/h6-8,12,21,29,32H,3-5,9-11,13-20,22-26,41H2,1-2H3,(H,43,52)(H,45,51)(H,54,55)(H,56,57)(H3,42,44,46,47)/t29-,32-/m0/s1. The van der Waals surface area contributed by atoms with Crippen LogP contribution in [-0.4, -0.2) is 161 Å². The molecule has 1 saturated heterocycles. The molecular weight excluding hydrogens is 813 g/mol. The van der Waals surface area contributed by atoms with E-state index in [9.17, 15) is 29.1 Å². The van der Waals surface area contributed by atoms with Gasteiger partial charge < -0.3 is 61.3 Å². The van der Waals surface area contributed by atoms with Gasteiger partial charge >= 0.3 is 11.9 Å². The molecule has 4 rings (SSSR count). The highest BCUT2D eigenvalue weighted by Gasteiger charge is 2.25. The molecule has 9 N–H and O–H groups in total. The van der Waals surface area contributed by atoms with Gasteiger partial charge in [-0.25, -0.2) is 4.98 Å². The topological polar surface area (TPSA) is 279 Å². The van der Waals surface area contributed by atoms with E-state index in [0.717, 1.165) is 90.9 Å². The van der Waals surface area contributed by atoms with Crippen LogP contribution in [0, 0.1) is 0 Å². The molecule has 3 amide bonds. The van der Waals surface area contributed by atoms with Crippen molar-refractivity contribution < 1.29 is 48.4 Å². The van der Waals surface area contributed by atoms with E-state index in [1.165, 1.54) is 0 Å². The fraction of sp³-hybridized carbons (Fsp3) is 0.575. The van der Waals surface area contributed by atoms with Crippen molar-refractivity contribution in [1.82, 2.24) is 35.0 Å². The number of rotatable bonds is 28. The van der Waals surface area contributed by atoms with Crippen molar-refractivity contribution in [3.63, 3.8) is 0 Å². The summed E-state index contributed by atoms with van der Waals surface area (Å²) in [6, 6.07) is 6.98. The number of hydrogen-bond acceptors (Lipinski definition) is 15. The molecule has 0 radical (unpaired) electrons. The van der Waals surface area contributed by atoms with Gasteiger partial charge in [-0.05, 0) is 24.1 Å². The Kier molecular flexibility index (Phi) is 20.3. The Hall–Kier alpha value is -5.22. The zero-order chi connectivity index (χ0) is 44.1. The van der Waals surface area contributed by atoms with Gasteiger partial charge in [-0.2, -0.15) is 4.98 Å². The second kappa shape index (κ2) is 25.5. The molecule has 61 heavy (non-hydrogen) atoms. The summed E-state index contributed by atoms with van der Waals surface area (Å²) in [6.45, 7) is 7.83. The summed E-state index contributed by atoms with van der Waals surface area (Å²) in [5.74, 6) is -2.11. The summed E-state index contributed by atoms with van der Waals surface area (Å²) < 4.78 is 19.0. The number of anilines is 2. The average molecular weight is 873 g/mol. The van der Waals surface area contributed by atoms with Gasteiger partial charge in [0.15, 0.2) is 5.82 Å². The number of ether oxygens (including phenoxy) is 3. The molecular formula is C40H60N10O10S. The van der Waals surface area contributed by atoms with E-state index in [0.29, 0.717) is 19.6 Å². The van der Waals surface area contributed by atoms with Crippen molar-refractivity contribution in [3.8, 4) is 5.75 Å². The Morgan fingerprint density at radius 1 is 0.902 bits per heavy atom. The molecule has 0 aliphatic carbocycles. The fourth-order valence-electron chi connectivity index (χ4n) is 6.47. The van der Waals surface area contributed by atoms with Gasteiger partial charge in [0, 0.05) is 69.7 Å². The van der Waals surface area contributed by atoms with Crippen LogP contribution in [0.3, 0.4) is 0 Å². The van der Waals surface area contributed by atoms with Crippen molar-refractivity contribution >= 4 is 64.2 Å². The van der Waals surface area contributed by atoms with Crippen molar-refractivity contribution in [2.24, 2.45) is 5.73 Å². The second-order valence-corrected chi connectivity index (χ2v) is 15.7. The molecule has 0 saturated carbocycles. The number of nitrogens with two attached hydrogens (primary N) is 2. The first kappa shape index (κ1) is 48.4. The van der Waals surface area contributed by atoms with E-state index in [-0.39, 0.29) is 63.5 Å². The number of carbonyl (C=O) groups is 5. The molecule has 0 bridgehead atoms. The molecule has 1 fully saturated rings. The molecule has 1 aliphatic rings. The van der Waals surface area contributed by atoms with Crippen molar-refractivity contribution in [2.75, 3.05) is 96.2 Å². The monoisotopic (exact) mass is 872 g/mol. The lowest BCUT2D eigenvalue weighted by Gasteiger charge is -2.35. The number of carboxylic acid groups (broad SMARTS) is 2. The number of amides is 3. The molecule has 0 unspecified atom stereocenters. The molecule has 1 aromatic carbocycles. The van der Waals surface area contributed by atoms with Crippen LogP contribution in [0.15, 0.2) is 30.5 Å². The third-order valence-electron chi connectivity index (χ3n) is 9.81. The lowest BCUT2D eigenvalue weighted by atomic mass is 10.1. The fourth-order valence-corrected chi connectivity index (χ4v) is 7.46. The zero-order valence-corrected chi connectivity index (χ0v) is 35.8. The van der Waals surface area contributed by atoms with Crippen LogP contribution in [0.5, 0.6) is 5.75 Å². The Balaban J connectivity index is 1.07. The third-order valence-corrected chi connectivity index (χ3v) is 11.1. The minimum absolute atomic E-state index is 0.0333. The number of nitrogens with one attached hydrogen (secondary N) is 3. The van der Waals surface area contributed by atoms with Crippen LogP contribution in [0.1, 0.15) is 50.2 Å². The predicted molar refractivity (Wildman–Crippen MR) is 230 cm³/mol. The maximum Gasteiger partial charge on any atom is 0.321 e. The normalized spacial score (nSPS) is 14.0. The number of nitrogen functional groups attached to an aromatic ring is 1. The van der Waals surface area contributed by atoms with E-state index < -0.39 is 41.5 Å². The van der Waals surface area contributed by atoms with E-state index in [1.807, 2.05) is 17.2 Å². The predicted octanol–water partition coefficient (Wildman–Crippen LogP) is 0.961. The van der Waals surface area contributed by atoms with Gasteiger partial charge in [-0.1, -0.05) is 31.9 Å². The van der Waals surface area contributed by atoms with Crippen molar-refractivity contribution in [3.05, 3.63) is 41.6 Å². The number of thioether (sulfide) groups is 1. The smallest absolute Gasteiger partial charge is 0.321 e. The summed E-state index contributed by atoms with van der Waals surface area (Å²) >= 11 is 0.744. The zero-order valence-electron chi connectivity index (χ0n) is 34.9. The summed E-state index contributed by atoms with van der Waals surface area (Å²) in [7, 11) is 1.68. The van der Waals surface area contributed by atoms with Gasteiger partial charge in [-0.15, -0.1) is 11.8 Å².